The molecule has 0 bridgehead atoms. The van der Waals surface area contributed by atoms with Gasteiger partial charge in [0.2, 0.25) is 0 Å². The first-order valence-electron chi connectivity index (χ1n) is 2.36. The molecule has 0 aliphatic carbocycles. The van der Waals surface area contributed by atoms with Gasteiger partial charge in [-0.05, 0) is 0 Å². The third kappa shape index (κ3) is 2.20. The Bertz CT molecular complexity index is 128. The summed E-state index contributed by atoms with van der Waals surface area (Å²) >= 11 is -1.25. The fourth-order valence-electron chi connectivity index (χ4n) is 0.380. The number of carbonyl (C=O) groups excluding carboxylic acids is 2. The van der Waals surface area contributed by atoms with Gasteiger partial charge in [-0.3, -0.25) is 0 Å². The molecule has 0 saturated carbocycles. The molecule has 1 aliphatic rings. The average Bonchev–Trinajstić information content (AvgIpc) is 1.97. The van der Waals surface area contributed by atoms with E-state index in [1.807, 2.05) is 0 Å². The molecule has 4 nitrogen and oxygen atoms in total. The van der Waals surface area contributed by atoms with Crippen LogP contribution in [0.1, 0.15) is 12.8 Å². The second-order valence-electron chi connectivity index (χ2n) is 1.48. The van der Waals surface area contributed by atoms with Gasteiger partial charge in [0.25, 0.3) is 0 Å². The van der Waals surface area contributed by atoms with Crippen molar-refractivity contribution in [3.8, 4) is 0 Å². The molecule has 0 unspecified atom stereocenters. The molecule has 0 N–H and O–H groups in total. The van der Waals surface area contributed by atoms with Crippen LogP contribution in [-0.2, 0) is 15.8 Å². The van der Waals surface area contributed by atoms with E-state index < -0.39 is 21.7 Å². The van der Waals surface area contributed by atoms with Gasteiger partial charge in [-0.25, -0.2) is 0 Å². The normalized spacial score (nSPS) is 20.0. The maximum atomic E-state index is 10.4. The summed E-state index contributed by atoms with van der Waals surface area (Å²) in [6, 6.07) is 0. The number of carbonyl (C=O) groups is 2. The van der Waals surface area contributed by atoms with Gasteiger partial charge < -0.3 is 0 Å². The Balaban J connectivity index is 2.43. The summed E-state index contributed by atoms with van der Waals surface area (Å²) in [5.41, 5.74) is 0. The van der Waals surface area contributed by atoms with Crippen molar-refractivity contribution >= 4 is 33.7 Å². The zero-order valence-corrected chi connectivity index (χ0v) is 6.79. The molecule has 1 heterocycles. The molecule has 1 saturated heterocycles. The minimum absolute atomic E-state index is 0.170. The van der Waals surface area contributed by atoms with Crippen molar-refractivity contribution in [3.05, 3.63) is 0 Å². The third-order valence-corrected chi connectivity index (χ3v) is 2.24. The van der Waals surface area contributed by atoms with E-state index in [0.717, 1.165) is 0 Å². The van der Waals surface area contributed by atoms with Gasteiger partial charge in [-0.15, -0.1) is 0 Å². The van der Waals surface area contributed by atoms with Crippen LogP contribution in [0, 0.1) is 0 Å². The Hall–Kier alpha value is -0.270. The molecule has 1 rings (SSSR count). The molecular weight excluding hydrogens is 240 g/mol. The van der Waals surface area contributed by atoms with Crippen LogP contribution in [0.15, 0.2) is 0 Å². The van der Waals surface area contributed by atoms with Crippen molar-refractivity contribution in [1.82, 2.24) is 0 Å². The van der Waals surface area contributed by atoms with Gasteiger partial charge in [0.05, 0.1) is 0 Å². The second kappa shape index (κ2) is 3.04. The third-order valence-electron chi connectivity index (χ3n) is 0.787. The van der Waals surface area contributed by atoms with Crippen molar-refractivity contribution in [2.45, 2.75) is 12.8 Å². The van der Waals surface area contributed by atoms with Crippen LogP contribution in [-0.4, -0.2) is 33.7 Å². The number of rotatable bonds is 0. The molecule has 0 atom stereocenters. The van der Waals surface area contributed by atoms with Crippen LogP contribution in [0.2, 0.25) is 0 Å². The summed E-state index contributed by atoms with van der Waals surface area (Å²) in [6.45, 7) is 0. The summed E-state index contributed by atoms with van der Waals surface area (Å²) in [4.78, 5) is 20.8. The molecule has 0 aromatic carbocycles. The van der Waals surface area contributed by atoms with E-state index in [4.69, 9.17) is 0 Å². The first-order valence-corrected chi connectivity index (χ1v) is 4.26. The first kappa shape index (κ1) is 6.84. The molecule has 0 amide bonds. The van der Waals surface area contributed by atoms with Gasteiger partial charge in [0, 0.05) is 0 Å². The van der Waals surface area contributed by atoms with E-state index in [1.54, 1.807) is 0 Å². The zero-order valence-electron chi connectivity index (χ0n) is 4.46. The molecule has 9 heavy (non-hydrogen) atoms. The van der Waals surface area contributed by atoms with E-state index in [2.05, 4.69) is 6.20 Å². The molecule has 1 fully saturated rings. The predicted octanol–water partition coefficient (Wildman–Crippen LogP) is -0.599. The molecular formula is C4H4O4Te. The van der Waals surface area contributed by atoms with E-state index in [0.29, 0.717) is 0 Å². The van der Waals surface area contributed by atoms with E-state index >= 15 is 0 Å². The van der Waals surface area contributed by atoms with Gasteiger partial charge in [-0.2, -0.15) is 0 Å². The Labute approximate surface area is 62.7 Å². The van der Waals surface area contributed by atoms with Crippen LogP contribution in [0.25, 0.3) is 0 Å². The van der Waals surface area contributed by atoms with Gasteiger partial charge in [0.1, 0.15) is 0 Å². The summed E-state index contributed by atoms with van der Waals surface area (Å²) in [7, 11) is 0. The summed E-state index contributed by atoms with van der Waals surface area (Å²) in [5.74, 6) is -0.633. The second-order valence-corrected chi connectivity index (χ2v) is 2.82. The summed E-state index contributed by atoms with van der Waals surface area (Å²) in [5, 5.41) is 0. The number of hydrogen-bond acceptors (Lipinski definition) is 4. The Kier molecular flexibility index (Phi) is 2.31. The van der Waals surface area contributed by atoms with Crippen LogP contribution in [0.3, 0.4) is 0 Å². The quantitative estimate of drug-likeness (QED) is 0.534. The number of hydrogen-bond donors (Lipinski definition) is 0. The van der Waals surface area contributed by atoms with Gasteiger partial charge in [-0.1, -0.05) is 0 Å². The topological polar surface area (TPSA) is 52.6 Å². The fourth-order valence-corrected chi connectivity index (χ4v) is 1.39. The predicted molar refractivity (Wildman–Crippen MR) is 27.2 cm³/mol. The molecule has 0 spiro atoms. The van der Waals surface area contributed by atoms with Crippen molar-refractivity contribution < 1.29 is 15.8 Å². The van der Waals surface area contributed by atoms with Crippen molar-refractivity contribution in [1.29, 1.82) is 0 Å². The van der Waals surface area contributed by atoms with Gasteiger partial charge in [0.15, 0.2) is 0 Å². The molecule has 50 valence electrons. The zero-order chi connectivity index (χ0) is 6.69. The first-order chi connectivity index (χ1) is 4.29. The maximum absolute atomic E-state index is 10.4. The molecule has 0 aromatic rings. The monoisotopic (exact) mass is 246 g/mol. The van der Waals surface area contributed by atoms with E-state index in [1.165, 1.54) is 0 Å². The van der Waals surface area contributed by atoms with Crippen LogP contribution >= 0.6 is 0 Å². The fraction of sp³-hybridized carbons (Fsp3) is 0.500. The van der Waals surface area contributed by atoms with Crippen molar-refractivity contribution in [2.75, 3.05) is 0 Å². The summed E-state index contributed by atoms with van der Waals surface area (Å²) in [6.07, 6.45) is 0.340. The van der Waals surface area contributed by atoms with Crippen LogP contribution in [0.5, 0.6) is 0 Å². The van der Waals surface area contributed by atoms with Gasteiger partial charge >= 0.3 is 62.3 Å². The Morgan fingerprint density at radius 3 is 2.00 bits per heavy atom. The van der Waals surface area contributed by atoms with Crippen LogP contribution in [0.4, 0.5) is 0 Å². The van der Waals surface area contributed by atoms with Crippen molar-refractivity contribution in [2.24, 2.45) is 0 Å². The SMILES string of the molecule is O=C1CCC(=O)O[Te]O1. The molecule has 0 radical (unpaired) electrons. The van der Waals surface area contributed by atoms with Crippen LogP contribution < -0.4 is 0 Å². The Morgan fingerprint density at radius 1 is 1.11 bits per heavy atom. The van der Waals surface area contributed by atoms with Crippen molar-refractivity contribution in [3.63, 3.8) is 0 Å². The summed E-state index contributed by atoms with van der Waals surface area (Å²) < 4.78 is 9.04. The standard InChI is InChI=1S/C4H4O4Te/c5-3-1-2-4(6)8-9-7-3/h1-2H2. The van der Waals surface area contributed by atoms with E-state index in [-0.39, 0.29) is 24.8 Å². The Morgan fingerprint density at radius 2 is 1.56 bits per heavy atom. The molecule has 5 heteroatoms. The molecule has 0 aromatic heterocycles. The average molecular weight is 244 g/mol. The molecule has 1 aliphatic heterocycles. The van der Waals surface area contributed by atoms with E-state index in [9.17, 15) is 9.59 Å². The minimum atomic E-state index is -1.25.